The molecule has 2 rings (SSSR count). The Balaban J connectivity index is 0.00000112. The van der Waals surface area contributed by atoms with Crippen molar-refractivity contribution in [2.75, 3.05) is 12.3 Å². The highest BCUT2D eigenvalue weighted by Gasteiger charge is 2.21. The van der Waals surface area contributed by atoms with Gasteiger partial charge in [0.15, 0.2) is 5.13 Å². The van der Waals surface area contributed by atoms with E-state index in [2.05, 4.69) is 17.2 Å². The number of nitrogens with two attached hydrogens (primary N) is 1. The minimum Gasteiger partial charge on any atom is -0.375 e. The molecule has 94 valence electrons. The third kappa shape index (κ3) is 3.98. The van der Waals surface area contributed by atoms with Crippen molar-refractivity contribution >= 4 is 50.4 Å². The Bertz CT molecular complexity index is 317. The Labute approximate surface area is 122 Å². The molecule has 1 atom stereocenters. The molecular weight excluding hydrogens is 354 g/mol. The molecule has 1 aromatic rings. The highest BCUT2D eigenvalue weighted by atomic mass is 79.9. The molecule has 1 aliphatic carbocycles. The smallest absolute Gasteiger partial charge is 0.180 e. The summed E-state index contributed by atoms with van der Waals surface area (Å²) in [6, 6.07) is 0.641. The van der Waals surface area contributed by atoms with Crippen molar-refractivity contribution in [3.8, 4) is 0 Å². The van der Waals surface area contributed by atoms with Crippen LogP contribution in [0.2, 0.25) is 0 Å². The lowest BCUT2D eigenvalue weighted by atomic mass is 9.98. The number of nitrogen functional groups attached to an aromatic ring is 1. The lowest BCUT2D eigenvalue weighted by Crippen LogP contribution is -2.34. The van der Waals surface area contributed by atoms with Crippen molar-refractivity contribution in [3.05, 3.63) is 10.6 Å². The monoisotopic (exact) mass is 371 g/mol. The Morgan fingerprint density at radius 1 is 1.50 bits per heavy atom. The highest BCUT2D eigenvalue weighted by Crippen LogP contribution is 2.27. The molecule has 0 saturated carbocycles. The van der Waals surface area contributed by atoms with E-state index in [-0.39, 0.29) is 34.0 Å². The first-order chi connectivity index (χ1) is 6.79. The number of hydrogen-bond donors (Lipinski definition) is 2. The maximum Gasteiger partial charge on any atom is 0.180 e. The van der Waals surface area contributed by atoms with E-state index in [1.54, 1.807) is 11.3 Å². The summed E-state index contributed by atoms with van der Waals surface area (Å²) in [5.41, 5.74) is 6.93. The van der Waals surface area contributed by atoms with E-state index in [4.69, 9.17) is 5.73 Å². The van der Waals surface area contributed by atoms with E-state index >= 15 is 0 Å². The van der Waals surface area contributed by atoms with E-state index in [1.807, 2.05) is 0 Å². The first-order valence-corrected chi connectivity index (χ1v) is 6.08. The topological polar surface area (TPSA) is 50.9 Å². The van der Waals surface area contributed by atoms with Crippen LogP contribution in [0.4, 0.5) is 5.13 Å². The maximum atomic E-state index is 5.69. The minimum absolute atomic E-state index is 0. The van der Waals surface area contributed by atoms with Gasteiger partial charge in [0.2, 0.25) is 0 Å². The summed E-state index contributed by atoms with van der Waals surface area (Å²) in [4.78, 5) is 5.73. The summed E-state index contributed by atoms with van der Waals surface area (Å²) in [6.45, 7) is 3.32. The Hall–Kier alpha value is 0.350. The normalized spacial score (nSPS) is 18.2. The van der Waals surface area contributed by atoms with Crippen molar-refractivity contribution in [3.63, 3.8) is 0 Å². The zero-order chi connectivity index (χ0) is 9.97. The minimum atomic E-state index is 0. The van der Waals surface area contributed by atoms with Gasteiger partial charge >= 0.3 is 0 Å². The van der Waals surface area contributed by atoms with Crippen molar-refractivity contribution in [1.82, 2.24) is 10.3 Å². The molecule has 0 unspecified atom stereocenters. The average molecular weight is 373 g/mol. The fraction of sp³-hybridized carbons (Fsp3) is 0.700. The summed E-state index contributed by atoms with van der Waals surface area (Å²) in [5, 5.41) is 4.29. The third-order valence-electron chi connectivity index (χ3n) is 2.64. The van der Waals surface area contributed by atoms with Crippen LogP contribution in [0.25, 0.3) is 0 Å². The molecule has 1 aliphatic rings. The van der Waals surface area contributed by atoms with Crippen LogP contribution in [0.5, 0.6) is 0 Å². The van der Waals surface area contributed by atoms with E-state index < -0.39 is 0 Å². The first-order valence-electron chi connectivity index (χ1n) is 5.27. The van der Waals surface area contributed by atoms with Crippen LogP contribution < -0.4 is 11.1 Å². The molecule has 0 aliphatic heterocycles. The number of aryl methyl sites for hydroxylation is 1. The van der Waals surface area contributed by atoms with E-state index in [1.165, 1.54) is 23.4 Å². The van der Waals surface area contributed by atoms with Gasteiger partial charge in [0.25, 0.3) is 0 Å². The molecule has 0 amide bonds. The second kappa shape index (κ2) is 7.63. The van der Waals surface area contributed by atoms with Gasteiger partial charge in [0.1, 0.15) is 0 Å². The molecule has 0 bridgehead atoms. The number of thiazole rings is 1. The Kier molecular flexibility index (Phi) is 7.80. The summed E-state index contributed by atoms with van der Waals surface area (Å²) < 4.78 is 0. The predicted octanol–water partition coefficient (Wildman–Crippen LogP) is 2.74. The zero-order valence-corrected chi connectivity index (χ0v) is 13.6. The van der Waals surface area contributed by atoms with Gasteiger partial charge in [-0.05, 0) is 32.2 Å². The Morgan fingerprint density at radius 3 is 2.94 bits per heavy atom. The number of hydrogen-bond acceptors (Lipinski definition) is 4. The van der Waals surface area contributed by atoms with Crippen LogP contribution in [0.3, 0.4) is 0 Å². The predicted molar refractivity (Wildman–Crippen MR) is 81.3 cm³/mol. The van der Waals surface area contributed by atoms with Gasteiger partial charge in [-0.3, -0.25) is 0 Å². The second-order valence-corrected chi connectivity index (χ2v) is 4.93. The molecule has 0 saturated heterocycles. The Morgan fingerprint density at radius 2 is 2.25 bits per heavy atom. The quantitative estimate of drug-likeness (QED) is 0.857. The van der Waals surface area contributed by atoms with Crippen LogP contribution in [0.15, 0.2) is 0 Å². The fourth-order valence-corrected chi connectivity index (χ4v) is 2.88. The molecule has 0 spiro atoms. The van der Waals surface area contributed by atoms with Crippen LogP contribution in [0, 0.1) is 0 Å². The molecule has 0 fully saturated rings. The number of fused-ring (bicyclic) bond motifs is 1. The van der Waals surface area contributed by atoms with Gasteiger partial charge in [0.05, 0.1) is 5.69 Å². The van der Waals surface area contributed by atoms with E-state index in [0.29, 0.717) is 6.04 Å². The highest BCUT2D eigenvalue weighted by molar-refractivity contribution is 8.93. The number of nitrogens with zero attached hydrogens (tertiary/aromatic N) is 1. The standard InChI is InChI=1S/C10H17N3S.2BrH/c1-2-5-12-7-3-4-8-9(6-7)14-10(11)13-8;;/h7,12H,2-6H2,1H3,(H2,11,13);2*1H/t7-;;/m0../s1. The van der Waals surface area contributed by atoms with Crippen molar-refractivity contribution in [2.45, 2.75) is 38.6 Å². The number of nitrogens with one attached hydrogen (secondary N) is 1. The van der Waals surface area contributed by atoms with Gasteiger partial charge in [-0.25, -0.2) is 4.98 Å². The number of halogens is 2. The van der Waals surface area contributed by atoms with E-state index in [0.717, 1.165) is 24.5 Å². The molecular formula is C10H19Br2N3S. The van der Waals surface area contributed by atoms with Crippen molar-refractivity contribution in [2.24, 2.45) is 0 Å². The van der Waals surface area contributed by atoms with Crippen molar-refractivity contribution < 1.29 is 0 Å². The number of anilines is 1. The molecule has 0 aromatic carbocycles. The number of aromatic nitrogens is 1. The summed E-state index contributed by atoms with van der Waals surface area (Å²) >= 11 is 1.65. The lowest BCUT2D eigenvalue weighted by Gasteiger charge is -2.21. The third-order valence-corrected chi connectivity index (χ3v) is 3.59. The van der Waals surface area contributed by atoms with Gasteiger partial charge in [0, 0.05) is 10.9 Å². The van der Waals surface area contributed by atoms with Gasteiger partial charge in [-0.15, -0.1) is 45.3 Å². The van der Waals surface area contributed by atoms with Crippen LogP contribution >= 0.6 is 45.3 Å². The van der Waals surface area contributed by atoms with E-state index in [9.17, 15) is 0 Å². The van der Waals surface area contributed by atoms with Gasteiger partial charge in [-0.2, -0.15) is 0 Å². The maximum absolute atomic E-state index is 5.69. The lowest BCUT2D eigenvalue weighted by molar-refractivity contribution is 0.460. The fourth-order valence-electron chi connectivity index (χ4n) is 1.92. The largest absolute Gasteiger partial charge is 0.375 e. The van der Waals surface area contributed by atoms with Gasteiger partial charge < -0.3 is 11.1 Å². The van der Waals surface area contributed by atoms with Crippen LogP contribution in [-0.4, -0.2) is 17.6 Å². The molecule has 1 heterocycles. The molecule has 16 heavy (non-hydrogen) atoms. The molecule has 1 aromatic heterocycles. The summed E-state index contributed by atoms with van der Waals surface area (Å²) in [5.74, 6) is 0. The molecule has 3 N–H and O–H groups in total. The zero-order valence-electron chi connectivity index (χ0n) is 9.36. The summed E-state index contributed by atoms with van der Waals surface area (Å²) in [7, 11) is 0. The average Bonchev–Trinajstić information content (AvgIpc) is 2.54. The number of rotatable bonds is 3. The van der Waals surface area contributed by atoms with Crippen LogP contribution in [0.1, 0.15) is 30.3 Å². The van der Waals surface area contributed by atoms with Crippen molar-refractivity contribution in [1.29, 1.82) is 0 Å². The molecule has 0 radical (unpaired) electrons. The molecule has 3 nitrogen and oxygen atoms in total. The van der Waals surface area contributed by atoms with Gasteiger partial charge in [-0.1, -0.05) is 6.92 Å². The molecule has 6 heteroatoms. The van der Waals surface area contributed by atoms with Crippen LogP contribution in [-0.2, 0) is 12.8 Å². The second-order valence-electron chi connectivity index (χ2n) is 3.82. The summed E-state index contributed by atoms with van der Waals surface area (Å²) in [6.07, 6.45) is 4.61. The SMILES string of the molecule is Br.Br.CCCN[C@H]1CCc2nc(N)sc2C1. The first kappa shape index (κ1) is 16.4.